The van der Waals surface area contributed by atoms with Gasteiger partial charge in [-0.2, -0.15) is 13.2 Å². The average molecular weight is 317 g/mol. The molecule has 22 heavy (non-hydrogen) atoms. The maximum atomic E-state index is 12.5. The molecule has 6 heteroatoms. The molecule has 0 radical (unpaired) electrons. The van der Waals surface area contributed by atoms with Crippen molar-refractivity contribution in [3.8, 4) is 0 Å². The van der Waals surface area contributed by atoms with E-state index in [1.807, 2.05) is 13.8 Å². The molecule has 0 amide bonds. The minimum atomic E-state index is -4.34. The summed E-state index contributed by atoms with van der Waals surface area (Å²) < 4.78 is 37.5. The molecular formula is C16H22F3NO2. The van der Waals surface area contributed by atoms with E-state index in [0.29, 0.717) is 12.8 Å². The van der Waals surface area contributed by atoms with E-state index in [9.17, 15) is 18.0 Å². The predicted molar refractivity (Wildman–Crippen MR) is 78.7 cm³/mol. The van der Waals surface area contributed by atoms with Crippen LogP contribution in [-0.2, 0) is 17.4 Å². The highest BCUT2D eigenvalue weighted by Crippen LogP contribution is 2.29. The van der Waals surface area contributed by atoms with E-state index < -0.39 is 23.8 Å². The van der Waals surface area contributed by atoms with Gasteiger partial charge in [0, 0.05) is 6.04 Å². The summed E-state index contributed by atoms with van der Waals surface area (Å²) in [5.74, 6) is -0.896. The summed E-state index contributed by atoms with van der Waals surface area (Å²) in [5, 5.41) is 12.2. The first-order valence-electron chi connectivity index (χ1n) is 7.39. The Morgan fingerprint density at radius 2 is 1.86 bits per heavy atom. The summed E-state index contributed by atoms with van der Waals surface area (Å²) in [4.78, 5) is 11.2. The molecule has 124 valence electrons. The third-order valence-electron chi connectivity index (χ3n) is 3.45. The van der Waals surface area contributed by atoms with E-state index in [2.05, 4.69) is 5.32 Å². The Morgan fingerprint density at radius 1 is 1.27 bits per heavy atom. The van der Waals surface area contributed by atoms with Crippen molar-refractivity contribution in [1.82, 2.24) is 5.32 Å². The molecule has 1 rings (SSSR count). The second-order valence-corrected chi connectivity index (χ2v) is 5.50. The molecule has 0 saturated heterocycles. The number of hydrogen-bond acceptors (Lipinski definition) is 2. The lowest BCUT2D eigenvalue weighted by atomic mass is 10.0. The number of carboxylic acid groups (broad SMARTS) is 1. The van der Waals surface area contributed by atoms with Crippen LogP contribution in [-0.4, -0.2) is 23.2 Å². The molecule has 2 unspecified atom stereocenters. The maximum Gasteiger partial charge on any atom is 0.416 e. The number of hydrogen-bond donors (Lipinski definition) is 2. The quantitative estimate of drug-likeness (QED) is 0.765. The fraction of sp³-hybridized carbons (Fsp3) is 0.562. The average Bonchev–Trinajstić information content (AvgIpc) is 2.42. The van der Waals surface area contributed by atoms with Crippen LogP contribution in [0.3, 0.4) is 0 Å². The first-order chi connectivity index (χ1) is 10.2. The Bertz CT molecular complexity index is 471. The zero-order chi connectivity index (χ0) is 16.8. The second-order valence-electron chi connectivity index (χ2n) is 5.50. The van der Waals surface area contributed by atoms with Crippen LogP contribution in [0, 0.1) is 0 Å². The van der Waals surface area contributed by atoms with Crippen LogP contribution in [0.25, 0.3) is 0 Å². The third kappa shape index (κ3) is 6.05. The Labute approximate surface area is 128 Å². The number of nitrogens with one attached hydrogen (secondary N) is 1. The molecule has 2 atom stereocenters. The van der Waals surface area contributed by atoms with Gasteiger partial charge in [-0.3, -0.25) is 4.79 Å². The SMILES string of the molecule is CCCCC(NC(C)Cc1ccc(C(F)(F)F)cc1)C(=O)O. The summed E-state index contributed by atoms with van der Waals surface area (Å²) in [6.45, 7) is 3.82. The minimum Gasteiger partial charge on any atom is -0.480 e. The Morgan fingerprint density at radius 3 is 2.32 bits per heavy atom. The summed E-state index contributed by atoms with van der Waals surface area (Å²) in [6.07, 6.45) is -1.58. The largest absolute Gasteiger partial charge is 0.480 e. The molecule has 0 aliphatic heterocycles. The zero-order valence-electron chi connectivity index (χ0n) is 12.8. The number of alkyl halides is 3. The Hall–Kier alpha value is -1.56. The lowest BCUT2D eigenvalue weighted by Gasteiger charge is -2.20. The summed E-state index contributed by atoms with van der Waals surface area (Å²) >= 11 is 0. The molecule has 0 bridgehead atoms. The lowest BCUT2D eigenvalue weighted by Crippen LogP contribution is -2.42. The van der Waals surface area contributed by atoms with Crippen molar-refractivity contribution in [3.05, 3.63) is 35.4 Å². The predicted octanol–water partition coefficient (Wildman–Crippen LogP) is 3.87. The smallest absolute Gasteiger partial charge is 0.416 e. The zero-order valence-corrected chi connectivity index (χ0v) is 12.8. The maximum absolute atomic E-state index is 12.5. The van der Waals surface area contributed by atoms with Crippen LogP contribution < -0.4 is 5.32 Å². The van der Waals surface area contributed by atoms with E-state index in [-0.39, 0.29) is 6.04 Å². The van der Waals surface area contributed by atoms with E-state index in [1.165, 1.54) is 12.1 Å². The van der Waals surface area contributed by atoms with Crippen LogP contribution >= 0.6 is 0 Å². The first-order valence-corrected chi connectivity index (χ1v) is 7.39. The molecule has 1 aromatic rings. The van der Waals surface area contributed by atoms with Gasteiger partial charge in [-0.05, 0) is 37.5 Å². The van der Waals surface area contributed by atoms with Crippen molar-refractivity contribution in [2.45, 2.75) is 57.8 Å². The van der Waals surface area contributed by atoms with E-state index in [4.69, 9.17) is 5.11 Å². The molecule has 2 N–H and O–H groups in total. The Balaban J connectivity index is 2.60. The van der Waals surface area contributed by atoms with Crippen molar-refractivity contribution < 1.29 is 23.1 Å². The van der Waals surface area contributed by atoms with Gasteiger partial charge < -0.3 is 10.4 Å². The molecular weight excluding hydrogens is 295 g/mol. The number of halogens is 3. The highest BCUT2D eigenvalue weighted by Gasteiger charge is 2.30. The molecule has 0 spiro atoms. The van der Waals surface area contributed by atoms with Gasteiger partial charge in [0.1, 0.15) is 6.04 Å². The van der Waals surface area contributed by atoms with Gasteiger partial charge in [0.2, 0.25) is 0 Å². The molecule has 3 nitrogen and oxygen atoms in total. The Kier molecular flexibility index (Phi) is 6.87. The van der Waals surface area contributed by atoms with Crippen LogP contribution in [0.15, 0.2) is 24.3 Å². The van der Waals surface area contributed by atoms with Crippen molar-refractivity contribution in [2.24, 2.45) is 0 Å². The number of unbranched alkanes of at least 4 members (excludes halogenated alkanes) is 1. The topological polar surface area (TPSA) is 49.3 Å². The number of benzene rings is 1. The molecule has 0 fully saturated rings. The second kappa shape index (κ2) is 8.17. The van der Waals surface area contributed by atoms with Gasteiger partial charge in [-0.15, -0.1) is 0 Å². The van der Waals surface area contributed by atoms with Crippen LogP contribution in [0.5, 0.6) is 0 Å². The van der Waals surface area contributed by atoms with Crippen molar-refractivity contribution in [2.75, 3.05) is 0 Å². The van der Waals surface area contributed by atoms with Crippen molar-refractivity contribution in [3.63, 3.8) is 0 Å². The standard InChI is InChI=1S/C16H22F3NO2/c1-3-4-5-14(15(21)22)20-11(2)10-12-6-8-13(9-7-12)16(17,18)19/h6-9,11,14,20H,3-5,10H2,1-2H3,(H,21,22). The van der Waals surface area contributed by atoms with Gasteiger partial charge in [-0.1, -0.05) is 31.9 Å². The fourth-order valence-corrected chi connectivity index (χ4v) is 2.27. The molecule has 0 aliphatic carbocycles. The summed E-state index contributed by atoms with van der Waals surface area (Å²) in [6, 6.07) is 4.21. The minimum absolute atomic E-state index is 0.130. The molecule has 0 aromatic heterocycles. The molecule has 0 aliphatic rings. The number of carbonyl (C=O) groups is 1. The summed E-state index contributed by atoms with van der Waals surface area (Å²) in [5.41, 5.74) is 0.0656. The highest BCUT2D eigenvalue weighted by atomic mass is 19.4. The van der Waals surface area contributed by atoms with Crippen LogP contribution in [0.4, 0.5) is 13.2 Å². The van der Waals surface area contributed by atoms with Crippen LogP contribution in [0.1, 0.15) is 44.2 Å². The van der Waals surface area contributed by atoms with Crippen molar-refractivity contribution >= 4 is 5.97 Å². The monoisotopic (exact) mass is 317 g/mol. The number of rotatable bonds is 8. The van der Waals surface area contributed by atoms with E-state index in [1.54, 1.807) is 0 Å². The molecule has 0 heterocycles. The number of aliphatic carboxylic acids is 1. The van der Waals surface area contributed by atoms with E-state index >= 15 is 0 Å². The molecule has 1 aromatic carbocycles. The van der Waals surface area contributed by atoms with Crippen LogP contribution in [0.2, 0.25) is 0 Å². The summed E-state index contributed by atoms with van der Waals surface area (Å²) in [7, 11) is 0. The first kappa shape index (κ1) is 18.5. The van der Waals surface area contributed by atoms with Gasteiger partial charge in [0.25, 0.3) is 0 Å². The van der Waals surface area contributed by atoms with E-state index in [0.717, 1.165) is 30.5 Å². The lowest BCUT2D eigenvalue weighted by molar-refractivity contribution is -0.140. The molecule has 0 saturated carbocycles. The van der Waals surface area contributed by atoms with Gasteiger partial charge in [-0.25, -0.2) is 0 Å². The third-order valence-corrected chi connectivity index (χ3v) is 3.45. The number of carboxylic acids is 1. The van der Waals surface area contributed by atoms with Gasteiger partial charge in [0.05, 0.1) is 5.56 Å². The van der Waals surface area contributed by atoms with Gasteiger partial charge in [0.15, 0.2) is 0 Å². The van der Waals surface area contributed by atoms with Crippen molar-refractivity contribution in [1.29, 1.82) is 0 Å². The fourth-order valence-electron chi connectivity index (χ4n) is 2.27. The van der Waals surface area contributed by atoms with Gasteiger partial charge >= 0.3 is 12.1 Å². The normalized spacial score (nSPS) is 14.6. The highest BCUT2D eigenvalue weighted by molar-refractivity contribution is 5.73.